The Bertz CT molecular complexity index is 983. The second-order valence-electron chi connectivity index (χ2n) is 8.06. The summed E-state index contributed by atoms with van der Waals surface area (Å²) >= 11 is 0. The van der Waals surface area contributed by atoms with Crippen LogP contribution in [0.1, 0.15) is 17.2 Å². The normalized spacial score (nSPS) is 18.6. The lowest BCUT2D eigenvalue weighted by Gasteiger charge is -2.33. The molecule has 4 amide bonds. The molecule has 0 bridgehead atoms. The van der Waals surface area contributed by atoms with Crippen molar-refractivity contribution in [3.63, 3.8) is 0 Å². The van der Waals surface area contributed by atoms with E-state index in [2.05, 4.69) is 15.5 Å². The molecule has 1 atom stereocenters. The quantitative estimate of drug-likeness (QED) is 0.791. The zero-order valence-corrected chi connectivity index (χ0v) is 17.8. The Labute approximate surface area is 181 Å². The Morgan fingerprint density at radius 1 is 1.00 bits per heavy atom. The molecule has 8 nitrogen and oxygen atoms in total. The van der Waals surface area contributed by atoms with E-state index in [1.54, 1.807) is 17.0 Å². The molecule has 0 aliphatic carbocycles. The molecule has 4 rings (SSSR count). The maximum atomic E-state index is 13.2. The molecule has 0 spiro atoms. The topological polar surface area (TPSA) is 85.0 Å². The van der Waals surface area contributed by atoms with Crippen molar-refractivity contribution < 1.29 is 14.4 Å². The van der Waals surface area contributed by atoms with Gasteiger partial charge in [0.15, 0.2) is 0 Å². The minimum absolute atomic E-state index is 0.0304. The SMILES string of the molecule is Cc1ccc(NC(=O)NC2C(=O)N(CC(=O)N3CCN(C)CC3)c3ccccc32)cc1. The van der Waals surface area contributed by atoms with Gasteiger partial charge in [-0.2, -0.15) is 0 Å². The van der Waals surface area contributed by atoms with Gasteiger partial charge in [-0.1, -0.05) is 35.9 Å². The van der Waals surface area contributed by atoms with E-state index < -0.39 is 12.1 Å². The third-order valence-electron chi connectivity index (χ3n) is 5.79. The highest BCUT2D eigenvalue weighted by molar-refractivity contribution is 6.09. The van der Waals surface area contributed by atoms with E-state index >= 15 is 0 Å². The Morgan fingerprint density at radius 3 is 2.39 bits per heavy atom. The third kappa shape index (κ3) is 4.54. The molecule has 0 aromatic heterocycles. The fraction of sp³-hybridized carbons (Fsp3) is 0.348. The van der Waals surface area contributed by atoms with E-state index in [-0.39, 0.29) is 18.4 Å². The fourth-order valence-electron chi connectivity index (χ4n) is 3.91. The van der Waals surface area contributed by atoms with Crippen LogP contribution in [0.4, 0.5) is 16.2 Å². The molecule has 2 heterocycles. The van der Waals surface area contributed by atoms with Gasteiger partial charge in [0.25, 0.3) is 5.91 Å². The largest absolute Gasteiger partial charge is 0.339 e. The van der Waals surface area contributed by atoms with Crippen molar-refractivity contribution in [2.75, 3.05) is 50.0 Å². The van der Waals surface area contributed by atoms with Crippen LogP contribution >= 0.6 is 0 Å². The van der Waals surface area contributed by atoms with Crippen LogP contribution < -0.4 is 15.5 Å². The number of rotatable bonds is 4. The van der Waals surface area contributed by atoms with E-state index in [4.69, 9.17) is 0 Å². The van der Waals surface area contributed by atoms with Crippen LogP contribution in [0.3, 0.4) is 0 Å². The first-order valence-corrected chi connectivity index (χ1v) is 10.4. The number of benzene rings is 2. The zero-order valence-electron chi connectivity index (χ0n) is 17.8. The van der Waals surface area contributed by atoms with Crippen molar-refractivity contribution in [2.24, 2.45) is 0 Å². The summed E-state index contributed by atoms with van der Waals surface area (Å²) in [6, 6.07) is 13.4. The maximum absolute atomic E-state index is 13.2. The number of anilines is 2. The van der Waals surface area contributed by atoms with Crippen molar-refractivity contribution in [1.29, 1.82) is 0 Å². The van der Waals surface area contributed by atoms with Gasteiger partial charge in [0, 0.05) is 37.4 Å². The van der Waals surface area contributed by atoms with E-state index in [1.807, 2.05) is 50.4 Å². The number of hydrogen-bond donors (Lipinski definition) is 2. The summed E-state index contributed by atoms with van der Waals surface area (Å²) in [4.78, 5) is 44.0. The fourth-order valence-corrected chi connectivity index (χ4v) is 3.91. The van der Waals surface area contributed by atoms with Crippen molar-refractivity contribution in [2.45, 2.75) is 13.0 Å². The van der Waals surface area contributed by atoms with Gasteiger partial charge in [-0.25, -0.2) is 4.79 Å². The Kier molecular flexibility index (Phi) is 5.90. The van der Waals surface area contributed by atoms with E-state index in [0.29, 0.717) is 30.0 Å². The minimum atomic E-state index is -0.832. The predicted molar refractivity (Wildman–Crippen MR) is 119 cm³/mol. The van der Waals surface area contributed by atoms with Crippen LogP contribution in [0.5, 0.6) is 0 Å². The second kappa shape index (κ2) is 8.77. The highest BCUT2D eigenvalue weighted by Crippen LogP contribution is 2.35. The average Bonchev–Trinajstić information content (AvgIpc) is 3.02. The standard InChI is InChI=1S/C23H27N5O3/c1-16-7-9-17(10-8-16)24-23(31)25-21-18-5-3-4-6-19(18)28(22(21)30)15-20(29)27-13-11-26(2)12-14-27/h3-10,21H,11-15H2,1-2H3,(H2,24,25,31). The number of hydrogen-bond acceptors (Lipinski definition) is 4. The van der Waals surface area contributed by atoms with E-state index in [0.717, 1.165) is 18.7 Å². The number of nitrogens with zero attached hydrogens (tertiary/aromatic N) is 3. The number of carbonyl (C=O) groups excluding carboxylic acids is 3. The number of nitrogens with one attached hydrogen (secondary N) is 2. The van der Waals surface area contributed by atoms with Gasteiger partial charge in [0.05, 0.1) is 5.69 Å². The molecular formula is C23H27N5O3. The predicted octanol–water partition coefficient (Wildman–Crippen LogP) is 1.98. The van der Waals surface area contributed by atoms with Gasteiger partial charge < -0.3 is 25.3 Å². The smallest absolute Gasteiger partial charge is 0.320 e. The monoisotopic (exact) mass is 421 g/mol. The number of para-hydroxylation sites is 1. The van der Waals surface area contributed by atoms with Crippen molar-refractivity contribution in [1.82, 2.24) is 15.1 Å². The van der Waals surface area contributed by atoms with Crippen LogP contribution in [0.15, 0.2) is 48.5 Å². The molecule has 0 radical (unpaired) electrons. The number of likely N-dealkylation sites (N-methyl/N-ethyl adjacent to an activating group) is 1. The van der Waals surface area contributed by atoms with Crippen LogP contribution in [-0.4, -0.2) is 67.4 Å². The lowest BCUT2D eigenvalue weighted by molar-refractivity contribution is -0.132. The number of aryl methyl sites for hydroxylation is 1. The molecule has 162 valence electrons. The third-order valence-corrected chi connectivity index (χ3v) is 5.79. The Hall–Kier alpha value is -3.39. The number of urea groups is 1. The molecule has 2 aromatic rings. The summed E-state index contributed by atoms with van der Waals surface area (Å²) in [5, 5.41) is 5.52. The molecule has 31 heavy (non-hydrogen) atoms. The molecule has 2 aromatic carbocycles. The van der Waals surface area contributed by atoms with Crippen LogP contribution in [0.25, 0.3) is 0 Å². The summed E-state index contributed by atoms with van der Waals surface area (Å²) < 4.78 is 0. The van der Waals surface area contributed by atoms with Crippen LogP contribution in [0.2, 0.25) is 0 Å². The van der Waals surface area contributed by atoms with Crippen molar-refractivity contribution in [3.8, 4) is 0 Å². The van der Waals surface area contributed by atoms with Gasteiger partial charge in [0.2, 0.25) is 5.91 Å². The van der Waals surface area contributed by atoms with Gasteiger partial charge in [-0.05, 0) is 32.2 Å². The molecule has 2 aliphatic rings. The molecule has 1 saturated heterocycles. The average molecular weight is 422 g/mol. The first-order chi connectivity index (χ1) is 14.9. The lowest BCUT2D eigenvalue weighted by Crippen LogP contribution is -2.51. The van der Waals surface area contributed by atoms with Gasteiger partial charge >= 0.3 is 6.03 Å². The summed E-state index contributed by atoms with van der Waals surface area (Å²) in [6.07, 6.45) is 0. The first-order valence-electron chi connectivity index (χ1n) is 10.4. The van der Waals surface area contributed by atoms with Gasteiger partial charge in [-0.3, -0.25) is 9.59 Å². The molecule has 1 unspecified atom stereocenters. The molecule has 2 N–H and O–H groups in total. The summed E-state index contributed by atoms with van der Waals surface area (Å²) in [5.74, 6) is -0.385. The molecule has 1 fully saturated rings. The number of fused-ring (bicyclic) bond motifs is 1. The number of carbonyl (C=O) groups is 3. The van der Waals surface area contributed by atoms with E-state index in [1.165, 1.54) is 4.90 Å². The van der Waals surface area contributed by atoms with Crippen LogP contribution in [-0.2, 0) is 9.59 Å². The Morgan fingerprint density at radius 2 is 1.68 bits per heavy atom. The van der Waals surface area contributed by atoms with Crippen molar-refractivity contribution >= 4 is 29.2 Å². The molecule has 8 heteroatoms. The second-order valence-corrected chi connectivity index (χ2v) is 8.06. The van der Waals surface area contributed by atoms with Gasteiger partial charge in [-0.15, -0.1) is 0 Å². The van der Waals surface area contributed by atoms with Crippen molar-refractivity contribution in [3.05, 3.63) is 59.7 Å². The molecule has 2 aliphatic heterocycles. The Balaban J connectivity index is 1.46. The number of piperazine rings is 1. The molecule has 0 saturated carbocycles. The lowest BCUT2D eigenvalue weighted by atomic mass is 10.1. The minimum Gasteiger partial charge on any atom is -0.339 e. The maximum Gasteiger partial charge on any atom is 0.320 e. The van der Waals surface area contributed by atoms with E-state index in [9.17, 15) is 14.4 Å². The van der Waals surface area contributed by atoms with Crippen LogP contribution in [0, 0.1) is 6.92 Å². The zero-order chi connectivity index (χ0) is 22.0. The molecular weight excluding hydrogens is 394 g/mol. The summed E-state index contributed by atoms with van der Waals surface area (Å²) in [5.41, 5.74) is 3.09. The first kappa shape index (κ1) is 20.9. The highest BCUT2D eigenvalue weighted by Gasteiger charge is 2.39. The summed E-state index contributed by atoms with van der Waals surface area (Å²) in [6.45, 7) is 4.88. The summed E-state index contributed by atoms with van der Waals surface area (Å²) in [7, 11) is 2.03. The number of amides is 4. The highest BCUT2D eigenvalue weighted by atomic mass is 16.2. The van der Waals surface area contributed by atoms with Gasteiger partial charge in [0.1, 0.15) is 12.6 Å².